The van der Waals surface area contributed by atoms with Gasteiger partial charge in [-0.1, -0.05) is 0 Å². The Kier molecular flexibility index (Phi) is 3.04. The molecule has 1 heterocycles. The standard InChI is InChI=1S/C7H12N2O3/c1-12-4-6-8-3-2-5(9-6)7(10)11/h5H,2-4H2,1H3,(H,8,9)(H,10,11). The molecule has 1 aliphatic heterocycles. The molecule has 0 bridgehead atoms. The monoisotopic (exact) mass is 172 g/mol. The normalized spacial score (nSPS) is 22.8. The van der Waals surface area contributed by atoms with Crippen LogP contribution >= 0.6 is 0 Å². The van der Waals surface area contributed by atoms with Gasteiger partial charge in [0.25, 0.3) is 0 Å². The maximum absolute atomic E-state index is 10.5. The molecule has 0 aromatic carbocycles. The lowest BCUT2D eigenvalue weighted by Crippen LogP contribution is -2.45. The van der Waals surface area contributed by atoms with Gasteiger partial charge in [0, 0.05) is 13.7 Å². The van der Waals surface area contributed by atoms with Crippen molar-refractivity contribution in [2.24, 2.45) is 4.99 Å². The molecule has 0 amide bonds. The molecule has 12 heavy (non-hydrogen) atoms. The van der Waals surface area contributed by atoms with Crippen molar-refractivity contribution in [3.05, 3.63) is 0 Å². The first kappa shape index (κ1) is 8.99. The largest absolute Gasteiger partial charge is 0.480 e. The number of nitrogens with zero attached hydrogens (tertiary/aromatic N) is 1. The zero-order valence-corrected chi connectivity index (χ0v) is 6.91. The summed E-state index contributed by atoms with van der Waals surface area (Å²) in [5.74, 6) is -0.213. The van der Waals surface area contributed by atoms with E-state index in [1.54, 1.807) is 7.11 Å². The minimum Gasteiger partial charge on any atom is -0.480 e. The number of carboxylic acid groups (broad SMARTS) is 1. The van der Waals surface area contributed by atoms with Crippen molar-refractivity contribution in [2.45, 2.75) is 12.5 Å². The van der Waals surface area contributed by atoms with Gasteiger partial charge in [0.2, 0.25) is 0 Å². The average molecular weight is 172 g/mol. The van der Waals surface area contributed by atoms with Crippen molar-refractivity contribution < 1.29 is 14.6 Å². The second kappa shape index (κ2) is 4.06. The number of amidine groups is 1. The Bertz CT molecular complexity index is 203. The number of aliphatic imine (C=N–C) groups is 1. The van der Waals surface area contributed by atoms with Gasteiger partial charge in [0.05, 0.1) is 0 Å². The maximum atomic E-state index is 10.5. The Balaban J connectivity index is 2.47. The lowest BCUT2D eigenvalue weighted by molar-refractivity contribution is -0.139. The number of carbonyl (C=O) groups is 1. The van der Waals surface area contributed by atoms with E-state index >= 15 is 0 Å². The Labute approximate surface area is 70.4 Å². The van der Waals surface area contributed by atoms with Crippen LogP contribution in [0.3, 0.4) is 0 Å². The molecule has 0 aromatic heterocycles. The van der Waals surface area contributed by atoms with Crippen LogP contribution in [-0.4, -0.2) is 43.2 Å². The number of methoxy groups -OCH3 is 1. The van der Waals surface area contributed by atoms with Crippen LogP contribution in [0.1, 0.15) is 6.42 Å². The molecular formula is C7H12N2O3. The molecule has 0 saturated carbocycles. The van der Waals surface area contributed by atoms with Crippen LogP contribution in [0.4, 0.5) is 0 Å². The van der Waals surface area contributed by atoms with Crippen LogP contribution in [0.2, 0.25) is 0 Å². The minimum absolute atomic E-state index is 0.351. The fourth-order valence-electron chi connectivity index (χ4n) is 1.06. The van der Waals surface area contributed by atoms with Gasteiger partial charge in [-0.2, -0.15) is 0 Å². The van der Waals surface area contributed by atoms with Crippen molar-refractivity contribution in [2.75, 3.05) is 20.3 Å². The summed E-state index contributed by atoms with van der Waals surface area (Å²) in [6.45, 7) is 0.909. The quantitative estimate of drug-likeness (QED) is 0.600. The van der Waals surface area contributed by atoms with Crippen molar-refractivity contribution >= 4 is 11.8 Å². The molecule has 1 unspecified atom stereocenters. The molecule has 0 aliphatic carbocycles. The van der Waals surface area contributed by atoms with Gasteiger partial charge < -0.3 is 15.2 Å². The van der Waals surface area contributed by atoms with E-state index in [-0.39, 0.29) is 0 Å². The molecule has 1 aliphatic rings. The second-order valence-corrected chi connectivity index (χ2v) is 2.59. The Morgan fingerprint density at radius 3 is 3.25 bits per heavy atom. The zero-order chi connectivity index (χ0) is 8.97. The van der Waals surface area contributed by atoms with E-state index in [9.17, 15) is 4.79 Å². The van der Waals surface area contributed by atoms with Crippen molar-refractivity contribution in [3.63, 3.8) is 0 Å². The molecule has 0 aromatic rings. The molecule has 0 saturated heterocycles. The minimum atomic E-state index is -0.835. The lowest BCUT2D eigenvalue weighted by Gasteiger charge is -2.20. The van der Waals surface area contributed by atoms with E-state index in [1.807, 2.05) is 0 Å². The molecule has 5 heteroatoms. The molecule has 2 N–H and O–H groups in total. The Hall–Kier alpha value is -1.10. The predicted molar refractivity (Wildman–Crippen MR) is 43.4 cm³/mol. The summed E-state index contributed by atoms with van der Waals surface area (Å²) in [6.07, 6.45) is 0.544. The number of hydrogen-bond donors (Lipinski definition) is 2. The third-order valence-electron chi connectivity index (χ3n) is 1.64. The summed E-state index contributed by atoms with van der Waals surface area (Å²) in [5, 5.41) is 11.4. The predicted octanol–water partition coefficient (Wildman–Crippen LogP) is -0.522. The molecule has 0 radical (unpaired) electrons. The van der Waals surface area contributed by atoms with E-state index < -0.39 is 12.0 Å². The first-order chi connectivity index (χ1) is 5.74. The molecule has 1 rings (SSSR count). The lowest BCUT2D eigenvalue weighted by atomic mass is 10.2. The first-order valence-corrected chi connectivity index (χ1v) is 3.75. The van der Waals surface area contributed by atoms with Crippen molar-refractivity contribution in [1.29, 1.82) is 0 Å². The second-order valence-electron chi connectivity index (χ2n) is 2.59. The number of aliphatic carboxylic acids is 1. The number of rotatable bonds is 3. The highest BCUT2D eigenvalue weighted by Crippen LogP contribution is 1.99. The zero-order valence-electron chi connectivity index (χ0n) is 6.91. The SMILES string of the molecule is COCC1=NCCC(C(=O)O)N1. The van der Waals surface area contributed by atoms with Crippen LogP contribution in [0.15, 0.2) is 4.99 Å². The smallest absolute Gasteiger partial charge is 0.326 e. The summed E-state index contributed by atoms with van der Waals surface area (Å²) in [4.78, 5) is 14.6. The highest BCUT2D eigenvalue weighted by molar-refractivity contribution is 5.89. The van der Waals surface area contributed by atoms with Crippen molar-refractivity contribution in [3.8, 4) is 0 Å². The highest BCUT2D eigenvalue weighted by Gasteiger charge is 2.21. The van der Waals surface area contributed by atoms with Crippen LogP contribution in [0.5, 0.6) is 0 Å². The molecular weight excluding hydrogens is 160 g/mol. The van der Waals surface area contributed by atoms with Gasteiger partial charge in [-0.05, 0) is 6.42 Å². The van der Waals surface area contributed by atoms with E-state index in [0.717, 1.165) is 0 Å². The van der Waals surface area contributed by atoms with E-state index in [0.29, 0.717) is 25.4 Å². The maximum Gasteiger partial charge on any atom is 0.326 e. The Morgan fingerprint density at radius 2 is 2.67 bits per heavy atom. The number of nitrogens with one attached hydrogen (secondary N) is 1. The van der Waals surface area contributed by atoms with Crippen LogP contribution < -0.4 is 5.32 Å². The average Bonchev–Trinajstić information content (AvgIpc) is 2.05. The van der Waals surface area contributed by atoms with E-state index in [1.165, 1.54) is 0 Å². The van der Waals surface area contributed by atoms with E-state index in [2.05, 4.69) is 10.3 Å². The summed E-state index contributed by atoms with van der Waals surface area (Å²) < 4.78 is 4.82. The summed E-state index contributed by atoms with van der Waals surface area (Å²) in [6, 6.07) is -0.507. The van der Waals surface area contributed by atoms with Crippen LogP contribution in [0.25, 0.3) is 0 Å². The first-order valence-electron chi connectivity index (χ1n) is 3.75. The molecule has 1 atom stereocenters. The van der Waals surface area contributed by atoms with Gasteiger partial charge in [0.15, 0.2) is 0 Å². The fourth-order valence-corrected chi connectivity index (χ4v) is 1.06. The molecule has 0 spiro atoms. The summed E-state index contributed by atoms with van der Waals surface area (Å²) in [7, 11) is 1.55. The fraction of sp³-hybridized carbons (Fsp3) is 0.714. The molecule has 68 valence electrons. The van der Waals surface area contributed by atoms with Gasteiger partial charge >= 0.3 is 5.97 Å². The number of carboxylic acids is 1. The third kappa shape index (κ3) is 2.20. The summed E-state index contributed by atoms with van der Waals surface area (Å²) in [5.41, 5.74) is 0. The number of hydrogen-bond acceptors (Lipinski definition) is 4. The van der Waals surface area contributed by atoms with Crippen LogP contribution in [-0.2, 0) is 9.53 Å². The Morgan fingerprint density at radius 1 is 1.92 bits per heavy atom. The van der Waals surface area contributed by atoms with Crippen molar-refractivity contribution in [1.82, 2.24) is 5.32 Å². The van der Waals surface area contributed by atoms with E-state index in [4.69, 9.17) is 9.84 Å². The topological polar surface area (TPSA) is 70.9 Å². The molecule has 0 fully saturated rings. The van der Waals surface area contributed by atoms with Gasteiger partial charge in [-0.25, -0.2) is 4.79 Å². The third-order valence-corrected chi connectivity index (χ3v) is 1.64. The number of ether oxygens (including phenoxy) is 1. The van der Waals surface area contributed by atoms with Crippen LogP contribution in [0, 0.1) is 0 Å². The molecule has 5 nitrogen and oxygen atoms in total. The van der Waals surface area contributed by atoms with Gasteiger partial charge in [0.1, 0.15) is 18.5 Å². The summed E-state index contributed by atoms with van der Waals surface area (Å²) >= 11 is 0. The van der Waals surface area contributed by atoms with Gasteiger partial charge in [-0.15, -0.1) is 0 Å². The highest BCUT2D eigenvalue weighted by atomic mass is 16.5. The van der Waals surface area contributed by atoms with Gasteiger partial charge in [-0.3, -0.25) is 4.99 Å².